The fourth-order valence-corrected chi connectivity index (χ4v) is 3.44. The molecule has 176 valence electrons. The minimum Gasteiger partial charge on any atom is -0.394 e. The molecule has 0 unspecified atom stereocenters. The van der Waals surface area contributed by atoms with E-state index in [-0.39, 0.29) is 0 Å². The largest absolute Gasteiger partial charge is 0.394 e. The number of nitrogens with one attached hydrogen (secondary N) is 1. The summed E-state index contributed by atoms with van der Waals surface area (Å²) in [5, 5.41) is 62.4. The number of unbranched alkanes of at least 4 members (excludes halogenated alkanes) is 1. The molecule has 2 aliphatic heterocycles. The van der Waals surface area contributed by atoms with E-state index in [2.05, 4.69) is 5.32 Å². The fraction of sp³-hybridized carbons (Fsp3) is 0.944. The first-order chi connectivity index (χ1) is 14.2. The second-order valence-corrected chi connectivity index (χ2v) is 7.46. The topological polar surface area (TPSA) is 187 Å². The molecule has 2 saturated heterocycles. The van der Waals surface area contributed by atoms with Crippen molar-refractivity contribution < 1.29 is 54.4 Å². The van der Waals surface area contributed by atoms with Crippen LogP contribution in [0.25, 0.3) is 0 Å². The molecule has 2 rings (SSSR count). The number of aliphatic hydroxyl groups excluding tert-OH is 6. The van der Waals surface area contributed by atoms with E-state index in [1.807, 2.05) is 6.92 Å². The smallest absolute Gasteiger partial charge is 0.217 e. The summed E-state index contributed by atoms with van der Waals surface area (Å²) in [5.41, 5.74) is 0. The Morgan fingerprint density at radius 1 is 0.933 bits per heavy atom. The number of amides is 1. The molecule has 7 N–H and O–H groups in total. The first-order valence-corrected chi connectivity index (χ1v) is 10.0. The molecule has 0 radical (unpaired) electrons. The Morgan fingerprint density at radius 3 is 2.13 bits per heavy atom. The van der Waals surface area contributed by atoms with Gasteiger partial charge in [-0.1, -0.05) is 13.3 Å². The summed E-state index contributed by atoms with van der Waals surface area (Å²) in [5.74, 6) is -0.458. The van der Waals surface area contributed by atoms with Gasteiger partial charge in [-0.3, -0.25) is 4.79 Å². The van der Waals surface area contributed by atoms with E-state index in [0.29, 0.717) is 6.61 Å². The lowest BCUT2D eigenvalue weighted by atomic mass is 9.95. The molecule has 30 heavy (non-hydrogen) atoms. The number of carbonyl (C=O) groups excluding carboxylic acids is 1. The number of rotatable bonds is 9. The third-order valence-corrected chi connectivity index (χ3v) is 5.14. The van der Waals surface area contributed by atoms with Crippen molar-refractivity contribution in [3.05, 3.63) is 0 Å². The summed E-state index contributed by atoms with van der Waals surface area (Å²) >= 11 is 0. The first kappa shape index (κ1) is 25.3. The monoisotopic (exact) mass is 439 g/mol. The highest BCUT2D eigenvalue weighted by Gasteiger charge is 2.51. The molecule has 12 nitrogen and oxygen atoms in total. The Kier molecular flexibility index (Phi) is 9.81. The lowest BCUT2D eigenvalue weighted by Crippen LogP contribution is -2.67. The van der Waals surface area contributed by atoms with Gasteiger partial charge in [0.25, 0.3) is 0 Å². The molecule has 12 heteroatoms. The molecular formula is C18H33NO11. The average molecular weight is 439 g/mol. The van der Waals surface area contributed by atoms with Gasteiger partial charge in [0.05, 0.1) is 13.2 Å². The average Bonchev–Trinajstić information content (AvgIpc) is 2.72. The maximum absolute atomic E-state index is 11.6. The number of hydrogen-bond acceptors (Lipinski definition) is 11. The van der Waals surface area contributed by atoms with Gasteiger partial charge in [0, 0.05) is 13.5 Å². The van der Waals surface area contributed by atoms with Crippen molar-refractivity contribution in [3.63, 3.8) is 0 Å². The molecule has 0 aliphatic carbocycles. The van der Waals surface area contributed by atoms with Crippen molar-refractivity contribution in [2.24, 2.45) is 0 Å². The minimum absolute atomic E-state index is 0.306. The van der Waals surface area contributed by atoms with Crippen LogP contribution < -0.4 is 5.32 Å². The van der Waals surface area contributed by atoms with Gasteiger partial charge in [-0.25, -0.2) is 0 Å². The Balaban J connectivity index is 2.18. The van der Waals surface area contributed by atoms with Gasteiger partial charge in [0.2, 0.25) is 5.91 Å². The van der Waals surface area contributed by atoms with Crippen LogP contribution in [0, 0.1) is 0 Å². The van der Waals surface area contributed by atoms with E-state index in [0.717, 1.165) is 12.8 Å². The molecule has 0 aromatic carbocycles. The Hall–Kier alpha value is -0.930. The van der Waals surface area contributed by atoms with Crippen LogP contribution >= 0.6 is 0 Å². The second kappa shape index (κ2) is 11.6. The highest BCUT2D eigenvalue weighted by molar-refractivity contribution is 5.73. The molecule has 2 aliphatic rings. The molecule has 0 bridgehead atoms. The maximum atomic E-state index is 11.6. The quantitative estimate of drug-likeness (QED) is 0.177. The third kappa shape index (κ3) is 5.85. The first-order valence-electron chi connectivity index (χ1n) is 10.0. The van der Waals surface area contributed by atoms with Crippen LogP contribution in [0.4, 0.5) is 0 Å². The van der Waals surface area contributed by atoms with Crippen molar-refractivity contribution in [3.8, 4) is 0 Å². The van der Waals surface area contributed by atoms with E-state index in [1.165, 1.54) is 6.92 Å². The Bertz CT molecular complexity index is 536. The normalized spacial score (nSPS) is 42.1. The fourth-order valence-electron chi connectivity index (χ4n) is 3.44. The van der Waals surface area contributed by atoms with Crippen LogP contribution in [0.1, 0.15) is 26.7 Å². The van der Waals surface area contributed by atoms with E-state index in [1.54, 1.807) is 0 Å². The van der Waals surface area contributed by atoms with Crippen LogP contribution in [-0.2, 0) is 23.7 Å². The summed E-state index contributed by atoms with van der Waals surface area (Å²) in [6.07, 6.45) is -11.0. The lowest BCUT2D eigenvalue weighted by molar-refractivity contribution is -0.348. The zero-order valence-electron chi connectivity index (χ0n) is 17.0. The van der Waals surface area contributed by atoms with Gasteiger partial charge < -0.3 is 54.9 Å². The van der Waals surface area contributed by atoms with Crippen molar-refractivity contribution in [1.29, 1.82) is 0 Å². The van der Waals surface area contributed by atoms with Crippen LogP contribution in [-0.4, -0.2) is 118 Å². The maximum Gasteiger partial charge on any atom is 0.217 e. The van der Waals surface area contributed by atoms with E-state index < -0.39 is 80.5 Å². The molecular weight excluding hydrogens is 406 g/mol. The molecule has 0 saturated carbocycles. The summed E-state index contributed by atoms with van der Waals surface area (Å²) < 4.78 is 22.2. The van der Waals surface area contributed by atoms with Crippen LogP contribution in [0.3, 0.4) is 0 Å². The van der Waals surface area contributed by atoms with Crippen LogP contribution in [0.2, 0.25) is 0 Å². The van der Waals surface area contributed by atoms with Gasteiger partial charge >= 0.3 is 0 Å². The van der Waals surface area contributed by atoms with Crippen molar-refractivity contribution in [2.75, 3.05) is 19.8 Å². The van der Waals surface area contributed by atoms with Gasteiger partial charge in [-0.15, -0.1) is 0 Å². The third-order valence-electron chi connectivity index (χ3n) is 5.14. The second-order valence-electron chi connectivity index (χ2n) is 7.46. The molecule has 2 fully saturated rings. The highest BCUT2D eigenvalue weighted by Crippen LogP contribution is 2.29. The molecule has 0 aromatic rings. The molecule has 10 atom stereocenters. The van der Waals surface area contributed by atoms with E-state index in [4.69, 9.17) is 18.9 Å². The molecule has 1 amide bonds. The highest BCUT2D eigenvalue weighted by atomic mass is 16.7. The summed E-state index contributed by atoms with van der Waals surface area (Å²) in [6, 6.07) is -1.04. The standard InChI is InChI=1S/C18H33NO11/c1-3-4-5-27-17-11(19-8(2)22)13(24)16(10(7-21)29-17)30-18-15(26)14(25)12(23)9(6-20)28-18/h9-18,20-21,23-26H,3-7H2,1-2H3,(H,19,22)/t9-,10-,11-,12+,13-,14+,15-,16-,17-,18+/m1/s1. The summed E-state index contributed by atoms with van der Waals surface area (Å²) in [7, 11) is 0. The minimum atomic E-state index is -1.70. The molecule has 0 spiro atoms. The Morgan fingerprint density at radius 2 is 1.57 bits per heavy atom. The summed E-state index contributed by atoms with van der Waals surface area (Å²) in [6.45, 7) is 2.28. The number of ether oxygens (including phenoxy) is 4. The number of carbonyl (C=O) groups is 1. The van der Waals surface area contributed by atoms with Crippen LogP contribution in [0.15, 0.2) is 0 Å². The van der Waals surface area contributed by atoms with Gasteiger partial charge in [0.15, 0.2) is 12.6 Å². The number of aliphatic hydroxyl groups is 6. The van der Waals surface area contributed by atoms with Crippen molar-refractivity contribution >= 4 is 5.91 Å². The molecule has 0 aromatic heterocycles. The van der Waals surface area contributed by atoms with Gasteiger partial charge in [-0.2, -0.15) is 0 Å². The van der Waals surface area contributed by atoms with Gasteiger partial charge in [-0.05, 0) is 6.42 Å². The SMILES string of the molecule is CCCCO[C@@H]1O[C@H](CO)[C@@H](O[C@@H]2O[C@H](CO)[C@H](O)[C@H](O)[C@H]2O)[C@H](O)[C@H]1NC(C)=O. The Labute approximate surface area is 174 Å². The van der Waals surface area contributed by atoms with Gasteiger partial charge in [0.1, 0.15) is 48.8 Å². The predicted molar refractivity (Wildman–Crippen MR) is 98.9 cm³/mol. The van der Waals surface area contributed by atoms with E-state index >= 15 is 0 Å². The zero-order chi connectivity index (χ0) is 22.4. The van der Waals surface area contributed by atoms with Crippen molar-refractivity contribution in [1.82, 2.24) is 5.32 Å². The molecule has 2 heterocycles. The van der Waals surface area contributed by atoms with Crippen molar-refractivity contribution in [2.45, 2.75) is 88.0 Å². The van der Waals surface area contributed by atoms with E-state index in [9.17, 15) is 35.4 Å². The zero-order valence-corrected chi connectivity index (χ0v) is 17.0. The van der Waals surface area contributed by atoms with Crippen LogP contribution in [0.5, 0.6) is 0 Å². The lowest BCUT2D eigenvalue weighted by Gasteiger charge is -2.47. The summed E-state index contributed by atoms with van der Waals surface area (Å²) in [4.78, 5) is 11.6. The number of hydrogen-bond donors (Lipinski definition) is 7. The predicted octanol–water partition coefficient (Wildman–Crippen LogP) is -3.43.